The Labute approximate surface area is 88.1 Å². The van der Waals surface area contributed by atoms with Crippen LogP contribution in [0, 0.1) is 5.41 Å². The van der Waals surface area contributed by atoms with E-state index in [1.54, 1.807) is 0 Å². The number of hydrogen-bond donors (Lipinski definition) is 5. The monoisotopic (exact) mass is 217 g/mol. The Kier molecular flexibility index (Phi) is 4.09. The Morgan fingerprint density at radius 2 is 2.20 bits per heavy atom. The van der Waals surface area contributed by atoms with Crippen LogP contribution < -0.4 is 5.32 Å². The lowest BCUT2D eigenvalue weighted by Crippen LogP contribution is -2.67. The first kappa shape index (κ1) is 12.4. The van der Waals surface area contributed by atoms with Gasteiger partial charge in [-0.25, -0.2) is 0 Å². The zero-order valence-corrected chi connectivity index (χ0v) is 8.39. The molecular weight excluding hydrogens is 201 g/mol. The molecule has 0 amide bonds. The van der Waals surface area contributed by atoms with Gasteiger partial charge in [-0.2, -0.15) is 0 Å². The van der Waals surface area contributed by atoms with Crippen LogP contribution in [-0.2, 0) is 4.79 Å². The molecule has 86 valence electrons. The Morgan fingerprint density at radius 3 is 2.53 bits per heavy atom. The van der Waals surface area contributed by atoms with E-state index in [2.05, 4.69) is 5.32 Å². The lowest BCUT2D eigenvalue weighted by Gasteiger charge is -2.47. The van der Waals surface area contributed by atoms with Crippen LogP contribution in [0.5, 0.6) is 0 Å². The van der Waals surface area contributed by atoms with Gasteiger partial charge in [-0.1, -0.05) is 6.42 Å². The summed E-state index contributed by atoms with van der Waals surface area (Å²) in [6.45, 7) is 0.264. The molecule has 0 bridgehead atoms. The van der Waals surface area contributed by atoms with Crippen molar-refractivity contribution in [2.45, 2.75) is 25.2 Å². The van der Waals surface area contributed by atoms with Crippen LogP contribution in [-0.4, -0.2) is 52.5 Å². The SMILES string of the molecule is O=C(O)[C@H]1NC[C@@]1(CO)CCCB(O)O. The average Bonchev–Trinajstić information content (AvgIpc) is 2.09. The van der Waals surface area contributed by atoms with Crippen LogP contribution in [0.4, 0.5) is 0 Å². The largest absolute Gasteiger partial charge is 0.480 e. The summed E-state index contributed by atoms with van der Waals surface area (Å²) < 4.78 is 0. The number of aliphatic carboxylic acids is 1. The predicted octanol–water partition coefficient (Wildman–Crippen LogP) is -1.73. The number of aliphatic hydroxyl groups is 1. The van der Waals surface area contributed by atoms with Crippen LogP contribution >= 0.6 is 0 Å². The Hall–Kier alpha value is -0.625. The second-order valence-electron chi connectivity index (χ2n) is 4.05. The number of carboxylic acids is 1. The molecule has 0 unspecified atom stereocenters. The highest BCUT2D eigenvalue weighted by atomic mass is 16.4. The quantitative estimate of drug-likeness (QED) is 0.338. The van der Waals surface area contributed by atoms with Crippen molar-refractivity contribution in [3.05, 3.63) is 0 Å². The van der Waals surface area contributed by atoms with Gasteiger partial charge in [0.05, 0.1) is 6.61 Å². The summed E-state index contributed by atoms with van der Waals surface area (Å²) in [7, 11) is -1.36. The molecule has 0 aromatic heterocycles. The zero-order valence-electron chi connectivity index (χ0n) is 8.39. The van der Waals surface area contributed by atoms with Crippen molar-refractivity contribution in [2.24, 2.45) is 5.41 Å². The van der Waals surface area contributed by atoms with Crippen molar-refractivity contribution in [3.8, 4) is 0 Å². The first-order valence-electron chi connectivity index (χ1n) is 4.95. The summed E-state index contributed by atoms with van der Waals surface area (Å²) in [5, 5.41) is 38.1. The highest BCUT2D eigenvalue weighted by molar-refractivity contribution is 6.40. The third-order valence-corrected chi connectivity index (χ3v) is 2.97. The van der Waals surface area contributed by atoms with Crippen molar-refractivity contribution < 1.29 is 25.1 Å². The fourth-order valence-corrected chi connectivity index (χ4v) is 1.94. The Balaban J connectivity index is 2.44. The maximum absolute atomic E-state index is 10.8. The fraction of sp³-hybridized carbons (Fsp3) is 0.875. The van der Waals surface area contributed by atoms with E-state index in [1.165, 1.54) is 0 Å². The normalized spacial score (nSPS) is 29.7. The standard InChI is InChI=1S/C8H16BNO5/c11-5-8(2-1-3-9(14)15)4-10-6(8)7(12)13/h6,10-11,14-15H,1-5H2,(H,12,13)/t6-,8-/m1/s1. The number of aliphatic hydroxyl groups excluding tert-OH is 1. The van der Waals surface area contributed by atoms with E-state index in [0.717, 1.165) is 0 Å². The molecule has 1 rings (SSSR count). The van der Waals surface area contributed by atoms with Gasteiger partial charge in [0.2, 0.25) is 0 Å². The number of carbonyl (C=O) groups is 1. The first-order chi connectivity index (χ1) is 7.02. The van der Waals surface area contributed by atoms with Gasteiger partial charge < -0.3 is 25.6 Å². The second kappa shape index (κ2) is 4.93. The molecule has 1 aliphatic heterocycles. The summed E-state index contributed by atoms with van der Waals surface area (Å²) in [4.78, 5) is 10.8. The molecule has 1 fully saturated rings. The van der Waals surface area contributed by atoms with E-state index in [-0.39, 0.29) is 12.9 Å². The van der Waals surface area contributed by atoms with Crippen molar-refractivity contribution in [2.75, 3.05) is 13.2 Å². The number of carboxylic acid groups (broad SMARTS) is 1. The van der Waals surface area contributed by atoms with Gasteiger partial charge in [0.15, 0.2) is 0 Å². The lowest BCUT2D eigenvalue weighted by molar-refractivity contribution is -0.150. The summed E-state index contributed by atoms with van der Waals surface area (Å²) in [6, 6.07) is -0.724. The summed E-state index contributed by atoms with van der Waals surface area (Å²) in [6.07, 6.45) is 1.17. The van der Waals surface area contributed by atoms with Gasteiger partial charge in [0.1, 0.15) is 6.04 Å². The lowest BCUT2D eigenvalue weighted by atomic mass is 9.68. The fourth-order valence-electron chi connectivity index (χ4n) is 1.94. The molecule has 0 radical (unpaired) electrons. The molecule has 1 saturated heterocycles. The van der Waals surface area contributed by atoms with Crippen LogP contribution in [0.1, 0.15) is 12.8 Å². The molecule has 7 heteroatoms. The Morgan fingerprint density at radius 1 is 1.53 bits per heavy atom. The molecule has 0 spiro atoms. The van der Waals surface area contributed by atoms with E-state index in [9.17, 15) is 9.90 Å². The zero-order chi connectivity index (χ0) is 11.5. The van der Waals surface area contributed by atoms with Crippen molar-refractivity contribution >= 4 is 13.1 Å². The Bertz CT molecular complexity index is 233. The van der Waals surface area contributed by atoms with E-state index in [0.29, 0.717) is 19.4 Å². The molecule has 15 heavy (non-hydrogen) atoms. The molecule has 0 aromatic rings. The number of rotatable bonds is 6. The van der Waals surface area contributed by atoms with Crippen molar-refractivity contribution in [1.82, 2.24) is 5.32 Å². The van der Waals surface area contributed by atoms with Gasteiger partial charge >= 0.3 is 13.1 Å². The maximum atomic E-state index is 10.8. The second-order valence-corrected chi connectivity index (χ2v) is 4.05. The maximum Gasteiger partial charge on any atom is 0.451 e. The molecule has 1 heterocycles. The number of nitrogens with one attached hydrogen (secondary N) is 1. The van der Waals surface area contributed by atoms with Crippen LogP contribution in [0.15, 0.2) is 0 Å². The van der Waals surface area contributed by atoms with Crippen LogP contribution in [0.2, 0.25) is 6.32 Å². The molecule has 5 N–H and O–H groups in total. The molecule has 2 atom stereocenters. The minimum Gasteiger partial charge on any atom is -0.480 e. The van der Waals surface area contributed by atoms with Gasteiger partial charge in [0, 0.05) is 12.0 Å². The third-order valence-electron chi connectivity index (χ3n) is 2.97. The number of hydrogen-bond acceptors (Lipinski definition) is 5. The highest BCUT2D eigenvalue weighted by Gasteiger charge is 2.49. The van der Waals surface area contributed by atoms with Gasteiger partial charge in [0.25, 0.3) is 0 Å². The third kappa shape index (κ3) is 2.69. The van der Waals surface area contributed by atoms with Crippen molar-refractivity contribution in [1.29, 1.82) is 0 Å². The summed E-state index contributed by atoms with van der Waals surface area (Å²) in [5.74, 6) is -0.972. The minimum atomic E-state index is -1.36. The van der Waals surface area contributed by atoms with Gasteiger partial charge in [-0.15, -0.1) is 0 Å². The van der Waals surface area contributed by atoms with Crippen LogP contribution in [0.3, 0.4) is 0 Å². The molecule has 0 aliphatic carbocycles. The predicted molar refractivity (Wildman–Crippen MR) is 53.2 cm³/mol. The molecular formula is C8H16BNO5. The molecule has 1 aliphatic rings. The molecule has 6 nitrogen and oxygen atoms in total. The van der Waals surface area contributed by atoms with E-state index in [4.69, 9.17) is 15.2 Å². The average molecular weight is 217 g/mol. The van der Waals surface area contributed by atoms with E-state index < -0.39 is 24.5 Å². The summed E-state index contributed by atoms with van der Waals surface area (Å²) >= 11 is 0. The van der Waals surface area contributed by atoms with E-state index in [1.807, 2.05) is 0 Å². The minimum absolute atomic E-state index is 0.196. The summed E-state index contributed by atoms with van der Waals surface area (Å²) in [5.41, 5.74) is -0.638. The van der Waals surface area contributed by atoms with Gasteiger partial charge in [-0.05, 0) is 12.7 Å². The van der Waals surface area contributed by atoms with Gasteiger partial charge in [-0.3, -0.25) is 4.79 Å². The topological polar surface area (TPSA) is 110 Å². The molecule has 0 saturated carbocycles. The van der Waals surface area contributed by atoms with Crippen molar-refractivity contribution in [3.63, 3.8) is 0 Å². The van der Waals surface area contributed by atoms with Crippen LogP contribution in [0.25, 0.3) is 0 Å². The molecule has 0 aromatic carbocycles. The highest BCUT2D eigenvalue weighted by Crippen LogP contribution is 2.35. The first-order valence-corrected chi connectivity index (χ1v) is 4.95. The smallest absolute Gasteiger partial charge is 0.451 e. The van der Waals surface area contributed by atoms with E-state index >= 15 is 0 Å².